The maximum atomic E-state index is 6.10. The highest BCUT2D eigenvalue weighted by Crippen LogP contribution is 2.23. The summed E-state index contributed by atoms with van der Waals surface area (Å²) in [6.45, 7) is 11.6. The second kappa shape index (κ2) is 11.0. The van der Waals surface area contributed by atoms with E-state index in [9.17, 15) is 0 Å². The summed E-state index contributed by atoms with van der Waals surface area (Å²) < 4.78 is 17.0. The van der Waals surface area contributed by atoms with E-state index < -0.39 is 0 Å². The number of aliphatic imine (C=N–C) groups is 1. The molecule has 0 aliphatic carbocycles. The molecule has 1 atom stereocenters. The number of aromatic nitrogens is 1. The van der Waals surface area contributed by atoms with Crippen molar-refractivity contribution in [1.29, 1.82) is 0 Å². The number of aryl methyl sites for hydroxylation is 3. The molecule has 0 saturated carbocycles. The Bertz CT molecular complexity index is 821. The van der Waals surface area contributed by atoms with Crippen molar-refractivity contribution in [3.05, 3.63) is 46.3 Å². The Morgan fingerprint density at radius 2 is 2.13 bits per heavy atom. The van der Waals surface area contributed by atoms with E-state index in [0.717, 1.165) is 73.2 Å². The van der Waals surface area contributed by atoms with Gasteiger partial charge in [-0.1, -0.05) is 17.3 Å². The van der Waals surface area contributed by atoms with E-state index in [1.807, 2.05) is 13.8 Å². The Morgan fingerprint density at radius 1 is 1.27 bits per heavy atom. The monoisotopic (exact) mass is 414 g/mol. The van der Waals surface area contributed by atoms with Crippen LogP contribution >= 0.6 is 0 Å². The lowest BCUT2D eigenvalue weighted by Gasteiger charge is -2.15. The van der Waals surface area contributed by atoms with E-state index >= 15 is 0 Å². The quantitative estimate of drug-likeness (QED) is 0.483. The van der Waals surface area contributed by atoms with Crippen LogP contribution in [0.1, 0.15) is 47.9 Å². The van der Waals surface area contributed by atoms with Crippen LogP contribution in [-0.4, -0.2) is 43.5 Å². The highest BCUT2D eigenvalue weighted by atomic mass is 16.5. The molecule has 1 unspecified atom stereocenters. The fourth-order valence-corrected chi connectivity index (χ4v) is 3.56. The summed E-state index contributed by atoms with van der Waals surface area (Å²) in [5.41, 5.74) is 4.35. The molecule has 2 N–H and O–H groups in total. The van der Waals surface area contributed by atoms with Gasteiger partial charge < -0.3 is 24.6 Å². The first-order valence-corrected chi connectivity index (χ1v) is 10.8. The van der Waals surface area contributed by atoms with Gasteiger partial charge in [0.2, 0.25) is 0 Å². The number of nitrogens with one attached hydrogen (secondary N) is 2. The molecule has 30 heavy (non-hydrogen) atoms. The molecule has 1 aromatic carbocycles. The summed E-state index contributed by atoms with van der Waals surface area (Å²) in [5, 5.41) is 10.7. The van der Waals surface area contributed by atoms with E-state index in [1.165, 1.54) is 5.56 Å². The normalized spacial score (nSPS) is 16.7. The molecule has 1 saturated heterocycles. The number of benzene rings is 1. The van der Waals surface area contributed by atoms with Gasteiger partial charge in [0.25, 0.3) is 0 Å². The molecule has 3 rings (SSSR count). The Hall–Kier alpha value is -2.54. The molecule has 1 fully saturated rings. The zero-order valence-corrected chi connectivity index (χ0v) is 18.6. The minimum absolute atomic E-state index is 0.199. The van der Waals surface area contributed by atoms with Gasteiger partial charge in [-0.3, -0.25) is 0 Å². The van der Waals surface area contributed by atoms with Gasteiger partial charge in [0.05, 0.1) is 18.3 Å². The molecule has 7 nitrogen and oxygen atoms in total. The first-order valence-electron chi connectivity index (χ1n) is 10.8. The largest absolute Gasteiger partial charge is 0.491 e. The number of guanidine groups is 1. The molecular formula is C23H34N4O3. The summed E-state index contributed by atoms with van der Waals surface area (Å²) >= 11 is 0. The second-order valence-corrected chi connectivity index (χ2v) is 7.73. The molecule has 2 aromatic rings. The fraction of sp³-hybridized carbons (Fsp3) is 0.565. The van der Waals surface area contributed by atoms with Crippen molar-refractivity contribution in [1.82, 2.24) is 15.8 Å². The van der Waals surface area contributed by atoms with E-state index in [0.29, 0.717) is 13.2 Å². The van der Waals surface area contributed by atoms with Gasteiger partial charge in [-0.2, -0.15) is 0 Å². The predicted molar refractivity (Wildman–Crippen MR) is 118 cm³/mol. The second-order valence-electron chi connectivity index (χ2n) is 7.73. The van der Waals surface area contributed by atoms with Crippen LogP contribution in [-0.2, 0) is 17.7 Å². The third-order valence-electron chi connectivity index (χ3n) is 5.27. The lowest BCUT2D eigenvalue weighted by atomic mass is 10.1. The highest BCUT2D eigenvalue weighted by Gasteiger charge is 2.17. The van der Waals surface area contributed by atoms with Crippen LogP contribution in [0.2, 0.25) is 0 Å². The molecule has 1 aliphatic heterocycles. The molecule has 0 spiro atoms. The summed E-state index contributed by atoms with van der Waals surface area (Å²) in [6.07, 6.45) is 3.22. The van der Waals surface area contributed by atoms with Crippen LogP contribution in [0.25, 0.3) is 0 Å². The van der Waals surface area contributed by atoms with Crippen LogP contribution < -0.4 is 15.4 Å². The molecule has 1 aromatic heterocycles. The number of hydrogen-bond acceptors (Lipinski definition) is 5. The third-order valence-corrected chi connectivity index (χ3v) is 5.27. The van der Waals surface area contributed by atoms with Crippen LogP contribution in [0.5, 0.6) is 5.75 Å². The zero-order valence-electron chi connectivity index (χ0n) is 18.6. The molecule has 0 radical (unpaired) electrons. The van der Waals surface area contributed by atoms with Crippen LogP contribution in [0, 0.1) is 20.8 Å². The number of nitrogens with zero attached hydrogens (tertiary/aromatic N) is 2. The molecule has 2 heterocycles. The van der Waals surface area contributed by atoms with Crippen molar-refractivity contribution >= 4 is 5.96 Å². The lowest BCUT2D eigenvalue weighted by Crippen LogP contribution is -2.38. The highest BCUT2D eigenvalue weighted by molar-refractivity contribution is 5.79. The Labute approximate surface area is 179 Å². The van der Waals surface area contributed by atoms with Crippen molar-refractivity contribution in [2.45, 2.75) is 59.6 Å². The van der Waals surface area contributed by atoms with Crippen LogP contribution in [0.4, 0.5) is 0 Å². The Balaban J connectivity index is 1.60. The van der Waals surface area contributed by atoms with Gasteiger partial charge in [-0.15, -0.1) is 0 Å². The van der Waals surface area contributed by atoms with Gasteiger partial charge >= 0.3 is 0 Å². The van der Waals surface area contributed by atoms with Crippen molar-refractivity contribution in [2.24, 2.45) is 4.99 Å². The SMILES string of the molecule is CCNC(=NCc1ccc(C)cc1OCC1CCCO1)NCCc1c(C)noc1C. The van der Waals surface area contributed by atoms with Crippen molar-refractivity contribution in [2.75, 3.05) is 26.3 Å². The van der Waals surface area contributed by atoms with Gasteiger partial charge in [0.15, 0.2) is 5.96 Å². The Morgan fingerprint density at radius 3 is 2.83 bits per heavy atom. The van der Waals surface area contributed by atoms with E-state index in [4.69, 9.17) is 19.0 Å². The summed E-state index contributed by atoms with van der Waals surface area (Å²) in [6, 6.07) is 6.27. The summed E-state index contributed by atoms with van der Waals surface area (Å²) in [5.74, 6) is 2.56. The molecule has 164 valence electrons. The van der Waals surface area contributed by atoms with Crippen molar-refractivity contribution < 1.29 is 14.0 Å². The van der Waals surface area contributed by atoms with Gasteiger partial charge in [0, 0.05) is 30.8 Å². The smallest absolute Gasteiger partial charge is 0.191 e. The topological polar surface area (TPSA) is 80.9 Å². The van der Waals surface area contributed by atoms with Crippen LogP contribution in [0.3, 0.4) is 0 Å². The average molecular weight is 415 g/mol. The first-order chi connectivity index (χ1) is 14.6. The minimum atomic E-state index is 0.199. The molecule has 0 amide bonds. The summed E-state index contributed by atoms with van der Waals surface area (Å²) in [4.78, 5) is 4.76. The van der Waals surface area contributed by atoms with Gasteiger partial charge in [-0.25, -0.2) is 4.99 Å². The van der Waals surface area contributed by atoms with E-state index in [2.05, 4.69) is 47.8 Å². The van der Waals surface area contributed by atoms with E-state index in [1.54, 1.807) is 0 Å². The fourth-order valence-electron chi connectivity index (χ4n) is 3.56. The number of ether oxygens (including phenoxy) is 2. The van der Waals surface area contributed by atoms with E-state index in [-0.39, 0.29) is 6.10 Å². The van der Waals surface area contributed by atoms with Gasteiger partial charge in [0.1, 0.15) is 18.1 Å². The zero-order chi connectivity index (χ0) is 21.3. The van der Waals surface area contributed by atoms with Gasteiger partial charge in [-0.05, 0) is 58.6 Å². The summed E-state index contributed by atoms with van der Waals surface area (Å²) in [7, 11) is 0. The Kier molecular flexibility index (Phi) is 8.13. The van der Waals surface area contributed by atoms with Crippen molar-refractivity contribution in [3.8, 4) is 5.75 Å². The first kappa shape index (κ1) is 22.2. The standard InChI is InChI=1S/C23H34N4O3/c1-5-24-23(25-11-10-21-17(3)27-30-18(21)4)26-14-19-9-8-16(2)13-22(19)29-15-20-7-6-12-28-20/h8-9,13,20H,5-7,10-12,14-15H2,1-4H3,(H2,24,25,26). The molecule has 0 bridgehead atoms. The minimum Gasteiger partial charge on any atom is -0.491 e. The molecule has 7 heteroatoms. The molecule has 1 aliphatic rings. The van der Waals surface area contributed by atoms with Crippen molar-refractivity contribution in [3.63, 3.8) is 0 Å². The number of rotatable bonds is 9. The maximum Gasteiger partial charge on any atom is 0.191 e. The third kappa shape index (κ3) is 6.23. The number of hydrogen-bond donors (Lipinski definition) is 2. The van der Waals surface area contributed by atoms with Crippen LogP contribution in [0.15, 0.2) is 27.7 Å². The lowest BCUT2D eigenvalue weighted by molar-refractivity contribution is 0.0676. The predicted octanol–water partition coefficient (Wildman–Crippen LogP) is 3.46. The average Bonchev–Trinajstić information content (AvgIpc) is 3.36. The maximum absolute atomic E-state index is 6.10. The molecular weight excluding hydrogens is 380 g/mol.